The van der Waals surface area contributed by atoms with Crippen molar-refractivity contribution >= 4 is 16.9 Å². The topological polar surface area (TPSA) is 86.5 Å². The summed E-state index contributed by atoms with van der Waals surface area (Å²) in [6, 6.07) is 5.43. The molecule has 108 valence electrons. The highest BCUT2D eigenvalue weighted by molar-refractivity contribution is 5.97. The van der Waals surface area contributed by atoms with Crippen LogP contribution in [0, 0.1) is 13.8 Å². The van der Waals surface area contributed by atoms with Gasteiger partial charge in [-0.05, 0) is 44.0 Å². The Morgan fingerprint density at radius 2 is 2.19 bits per heavy atom. The normalized spacial score (nSPS) is 11.0. The van der Waals surface area contributed by atoms with Crippen LogP contribution in [0.1, 0.15) is 27.3 Å². The second-order valence-electron chi connectivity index (χ2n) is 5.05. The number of carbonyl (C=O) groups is 1. The summed E-state index contributed by atoms with van der Waals surface area (Å²) in [5, 5.41) is 10.0. The maximum atomic E-state index is 12.1. The SMILES string of the molecule is Cc1n[nH]c(C)c1CCNC(=O)c1ccc2nc[nH]c2c1. The van der Waals surface area contributed by atoms with Crippen molar-refractivity contribution in [3.05, 3.63) is 47.0 Å². The number of hydrogen-bond acceptors (Lipinski definition) is 3. The predicted octanol–water partition coefficient (Wildman–Crippen LogP) is 1.88. The van der Waals surface area contributed by atoms with Gasteiger partial charge in [-0.1, -0.05) is 0 Å². The molecule has 6 nitrogen and oxygen atoms in total. The number of amides is 1. The van der Waals surface area contributed by atoms with Crippen LogP contribution in [-0.2, 0) is 6.42 Å². The lowest BCUT2D eigenvalue weighted by molar-refractivity contribution is 0.0954. The van der Waals surface area contributed by atoms with Crippen molar-refractivity contribution in [2.45, 2.75) is 20.3 Å². The minimum atomic E-state index is -0.0784. The predicted molar refractivity (Wildman–Crippen MR) is 80.2 cm³/mol. The van der Waals surface area contributed by atoms with E-state index in [0.29, 0.717) is 12.1 Å². The van der Waals surface area contributed by atoms with E-state index in [9.17, 15) is 4.79 Å². The molecule has 0 radical (unpaired) electrons. The second-order valence-corrected chi connectivity index (χ2v) is 5.05. The van der Waals surface area contributed by atoms with Crippen molar-refractivity contribution < 1.29 is 4.79 Å². The minimum Gasteiger partial charge on any atom is -0.352 e. The molecule has 3 aromatic rings. The summed E-state index contributed by atoms with van der Waals surface area (Å²) < 4.78 is 0. The van der Waals surface area contributed by atoms with E-state index in [1.807, 2.05) is 26.0 Å². The zero-order valence-corrected chi connectivity index (χ0v) is 12.0. The summed E-state index contributed by atoms with van der Waals surface area (Å²) in [4.78, 5) is 19.3. The number of aryl methyl sites for hydroxylation is 2. The molecule has 0 unspecified atom stereocenters. The van der Waals surface area contributed by atoms with Crippen LogP contribution in [0.15, 0.2) is 24.5 Å². The highest BCUT2D eigenvalue weighted by Crippen LogP contribution is 2.12. The van der Waals surface area contributed by atoms with Gasteiger partial charge in [0.05, 0.1) is 23.1 Å². The molecule has 6 heteroatoms. The highest BCUT2D eigenvalue weighted by Gasteiger charge is 2.09. The van der Waals surface area contributed by atoms with E-state index < -0.39 is 0 Å². The van der Waals surface area contributed by atoms with Gasteiger partial charge in [-0.25, -0.2) is 4.98 Å². The summed E-state index contributed by atoms with van der Waals surface area (Å²) >= 11 is 0. The number of rotatable bonds is 4. The smallest absolute Gasteiger partial charge is 0.251 e. The number of fused-ring (bicyclic) bond motifs is 1. The quantitative estimate of drug-likeness (QED) is 0.683. The first-order valence-electron chi connectivity index (χ1n) is 6.87. The minimum absolute atomic E-state index is 0.0784. The van der Waals surface area contributed by atoms with Gasteiger partial charge in [0.2, 0.25) is 0 Å². The van der Waals surface area contributed by atoms with Crippen molar-refractivity contribution in [2.24, 2.45) is 0 Å². The molecule has 0 bridgehead atoms. The van der Waals surface area contributed by atoms with Crippen LogP contribution >= 0.6 is 0 Å². The van der Waals surface area contributed by atoms with E-state index in [1.165, 1.54) is 5.56 Å². The first-order chi connectivity index (χ1) is 10.1. The Morgan fingerprint density at radius 3 is 2.95 bits per heavy atom. The lowest BCUT2D eigenvalue weighted by Crippen LogP contribution is -2.25. The van der Waals surface area contributed by atoms with Gasteiger partial charge in [-0.15, -0.1) is 0 Å². The van der Waals surface area contributed by atoms with E-state index in [0.717, 1.165) is 28.8 Å². The van der Waals surface area contributed by atoms with Gasteiger partial charge >= 0.3 is 0 Å². The molecule has 0 saturated carbocycles. The van der Waals surface area contributed by atoms with Gasteiger partial charge in [0.1, 0.15) is 0 Å². The molecule has 3 rings (SSSR count). The standard InChI is InChI=1S/C15H17N5O/c1-9-12(10(2)20-19-9)5-6-16-15(21)11-3-4-13-14(7-11)18-8-17-13/h3-4,7-8H,5-6H2,1-2H3,(H,16,21)(H,17,18)(H,19,20). The molecule has 0 saturated heterocycles. The second kappa shape index (κ2) is 5.40. The lowest BCUT2D eigenvalue weighted by atomic mass is 10.1. The van der Waals surface area contributed by atoms with Crippen molar-refractivity contribution in [3.63, 3.8) is 0 Å². The molecule has 0 spiro atoms. The monoisotopic (exact) mass is 283 g/mol. The summed E-state index contributed by atoms with van der Waals surface area (Å²) in [5.41, 5.74) is 5.56. The molecule has 0 fully saturated rings. The van der Waals surface area contributed by atoms with Crippen LogP contribution in [0.4, 0.5) is 0 Å². The Bertz CT molecular complexity index is 767. The number of nitrogens with zero attached hydrogens (tertiary/aromatic N) is 2. The van der Waals surface area contributed by atoms with Gasteiger partial charge in [0, 0.05) is 17.8 Å². The zero-order valence-electron chi connectivity index (χ0n) is 12.0. The molecule has 0 atom stereocenters. The van der Waals surface area contributed by atoms with E-state index >= 15 is 0 Å². The number of nitrogens with one attached hydrogen (secondary N) is 3. The van der Waals surface area contributed by atoms with Crippen LogP contribution in [0.25, 0.3) is 11.0 Å². The fourth-order valence-electron chi connectivity index (χ4n) is 2.42. The summed E-state index contributed by atoms with van der Waals surface area (Å²) in [7, 11) is 0. The maximum Gasteiger partial charge on any atom is 0.251 e. The molecular weight excluding hydrogens is 266 g/mol. The molecule has 2 heterocycles. The Kier molecular flexibility index (Phi) is 3.43. The zero-order chi connectivity index (χ0) is 14.8. The molecule has 21 heavy (non-hydrogen) atoms. The summed E-state index contributed by atoms with van der Waals surface area (Å²) in [5.74, 6) is -0.0784. The molecule has 1 aromatic carbocycles. The van der Waals surface area contributed by atoms with Crippen molar-refractivity contribution in [2.75, 3.05) is 6.54 Å². The van der Waals surface area contributed by atoms with Gasteiger partial charge in [0.15, 0.2) is 0 Å². The van der Waals surface area contributed by atoms with Crippen LogP contribution in [0.2, 0.25) is 0 Å². The molecule has 3 N–H and O–H groups in total. The summed E-state index contributed by atoms with van der Waals surface area (Å²) in [6.07, 6.45) is 2.39. The van der Waals surface area contributed by atoms with E-state index in [-0.39, 0.29) is 5.91 Å². The van der Waals surface area contributed by atoms with Crippen LogP contribution < -0.4 is 5.32 Å². The fraction of sp³-hybridized carbons (Fsp3) is 0.267. The van der Waals surface area contributed by atoms with Crippen LogP contribution in [-0.4, -0.2) is 32.6 Å². The number of benzene rings is 1. The maximum absolute atomic E-state index is 12.1. The van der Waals surface area contributed by atoms with Crippen molar-refractivity contribution in [1.82, 2.24) is 25.5 Å². The number of H-pyrrole nitrogens is 2. The van der Waals surface area contributed by atoms with Crippen LogP contribution in [0.5, 0.6) is 0 Å². The first-order valence-corrected chi connectivity index (χ1v) is 6.87. The Hall–Kier alpha value is -2.63. The van der Waals surface area contributed by atoms with Crippen LogP contribution in [0.3, 0.4) is 0 Å². The van der Waals surface area contributed by atoms with Gasteiger partial charge in [-0.2, -0.15) is 5.10 Å². The Balaban J connectivity index is 1.63. The molecular formula is C15H17N5O. The van der Waals surface area contributed by atoms with Gasteiger partial charge in [-0.3, -0.25) is 9.89 Å². The van der Waals surface area contributed by atoms with E-state index in [1.54, 1.807) is 12.4 Å². The van der Waals surface area contributed by atoms with E-state index in [2.05, 4.69) is 25.5 Å². The molecule has 0 aliphatic rings. The van der Waals surface area contributed by atoms with Crippen molar-refractivity contribution in [3.8, 4) is 0 Å². The Morgan fingerprint density at radius 1 is 1.33 bits per heavy atom. The van der Waals surface area contributed by atoms with Crippen molar-refractivity contribution in [1.29, 1.82) is 0 Å². The average molecular weight is 283 g/mol. The fourth-order valence-corrected chi connectivity index (χ4v) is 2.42. The largest absolute Gasteiger partial charge is 0.352 e. The lowest BCUT2D eigenvalue weighted by Gasteiger charge is -2.05. The number of imidazole rings is 1. The van der Waals surface area contributed by atoms with E-state index in [4.69, 9.17) is 0 Å². The molecule has 0 aliphatic heterocycles. The third kappa shape index (κ3) is 2.65. The number of hydrogen-bond donors (Lipinski definition) is 3. The molecule has 2 aromatic heterocycles. The average Bonchev–Trinajstić information content (AvgIpc) is 3.07. The van der Waals surface area contributed by atoms with Gasteiger partial charge < -0.3 is 10.3 Å². The highest BCUT2D eigenvalue weighted by atomic mass is 16.1. The Labute approximate surface area is 122 Å². The first kappa shape index (κ1) is 13.4. The third-order valence-corrected chi connectivity index (χ3v) is 3.62. The molecule has 0 aliphatic carbocycles. The number of carbonyl (C=O) groups excluding carboxylic acids is 1. The summed E-state index contributed by atoms with van der Waals surface area (Å²) in [6.45, 7) is 4.54. The molecule has 1 amide bonds. The van der Waals surface area contributed by atoms with Gasteiger partial charge in [0.25, 0.3) is 5.91 Å². The third-order valence-electron chi connectivity index (χ3n) is 3.62. The number of aromatic nitrogens is 4. The number of aromatic amines is 2.